The van der Waals surface area contributed by atoms with Gasteiger partial charge in [0.25, 0.3) is 0 Å². The molecule has 2 rings (SSSR count). The molecule has 0 atom stereocenters. The van der Waals surface area contributed by atoms with Crippen LogP contribution in [0.25, 0.3) is 0 Å². The van der Waals surface area contributed by atoms with Crippen LogP contribution >= 0.6 is 0 Å². The predicted octanol–water partition coefficient (Wildman–Crippen LogP) is 3.25. The standard InChI is InChI=1S/C22H32N4O3/c1-17(2)26(22(28)23-19-10-8-18(3)9-11-19)16-21(27)25(13-14-29-5)15-20-7-6-12-24(20)4/h6-12,17H,13-16H2,1-5H3,(H,23,28). The summed E-state index contributed by atoms with van der Waals surface area (Å²) < 4.78 is 7.15. The van der Waals surface area contributed by atoms with Crippen molar-refractivity contribution in [2.45, 2.75) is 33.4 Å². The molecule has 1 aromatic heterocycles. The highest BCUT2D eigenvalue weighted by atomic mass is 16.5. The summed E-state index contributed by atoms with van der Waals surface area (Å²) in [5.74, 6) is -0.115. The largest absolute Gasteiger partial charge is 0.383 e. The van der Waals surface area contributed by atoms with E-state index in [9.17, 15) is 9.59 Å². The van der Waals surface area contributed by atoms with Crippen molar-refractivity contribution in [3.63, 3.8) is 0 Å². The first-order chi connectivity index (χ1) is 13.8. The maximum Gasteiger partial charge on any atom is 0.322 e. The quantitative estimate of drug-likeness (QED) is 0.703. The lowest BCUT2D eigenvalue weighted by molar-refractivity contribution is -0.133. The summed E-state index contributed by atoms with van der Waals surface area (Å²) in [6.07, 6.45) is 1.95. The zero-order valence-corrected chi connectivity index (χ0v) is 18.0. The first-order valence-corrected chi connectivity index (χ1v) is 9.83. The second-order valence-corrected chi connectivity index (χ2v) is 7.44. The number of rotatable bonds is 9. The van der Waals surface area contributed by atoms with Crippen molar-refractivity contribution in [3.05, 3.63) is 53.9 Å². The van der Waals surface area contributed by atoms with Gasteiger partial charge in [-0.15, -0.1) is 0 Å². The maximum atomic E-state index is 13.0. The van der Waals surface area contributed by atoms with Crippen molar-refractivity contribution in [1.29, 1.82) is 0 Å². The van der Waals surface area contributed by atoms with Crippen molar-refractivity contribution in [3.8, 4) is 0 Å². The van der Waals surface area contributed by atoms with Crippen LogP contribution in [0.4, 0.5) is 10.5 Å². The highest BCUT2D eigenvalue weighted by Crippen LogP contribution is 2.12. The Labute approximate surface area is 173 Å². The number of methoxy groups -OCH3 is 1. The number of hydrogen-bond acceptors (Lipinski definition) is 3. The van der Waals surface area contributed by atoms with Gasteiger partial charge in [-0.05, 0) is 45.0 Å². The number of amides is 3. The Morgan fingerprint density at radius 3 is 2.41 bits per heavy atom. The van der Waals surface area contributed by atoms with Gasteiger partial charge in [0.1, 0.15) is 6.54 Å². The molecule has 7 heteroatoms. The molecule has 3 amide bonds. The van der Waals surface area contributed by atoms with Crippen LogP contribution in [-0.4, -0.2) is 59.2 Å². The Bertz CT molecular complexity index is 799. The Kier molecular flexibility index (Phi) is 8.27. The van der Waals surface area contributed by atoms with Gasteiger partial charge in [-0.1, -0.05) is 17.7 Å². The zero-order chi connectivity index (χ0) is 21.4. The Morgan fingerprint density at radius 1 is 1.17 bits per heavy atom. The molecular formula is C22H32N4O3. The minimum absolute atomic E-state index is 0.00347. The highest BCUT2D eigenvalue weighted by Gasteiger charge is 2.24. The van der Waals surface area contributed by atoms with Gasteiger partial charge >= 0.3 is 6.03 Å². The number of nitrogens with zero attached hydrogens (tertiary/aromatic N) is 3. The number of aromatic nitrogens is 1. The summed E-state index contributed by atoms with van der Waals surface area (Å²) in [7, 11) is 3.56. The fraction of sp³-hybridized carbons (Fsp3) is 0.455. The predicted molar refractivity (Wildman–Crippen MR) is 115 cm³/mol. The lowest BCUT2D eigenvalue weighted by atomic mass is 10.2. The molecule has 0 aliphatic carbocycles. The van der Waals surface area contributed by atoms with Gasteiger partial charge in [-0.25, -0.2) is 4.79 Å². The highest BCUT2D eigenvalue weighted by molar-refractivity contribution is 5.92. The molecule has 1 N–H and O–H groups in total. The molecule has 1 aromatic carbocycles. The minimum Gasteiger partial charge on any atom is -0.383 e. The number of carbonyl (C=O) groups is 2. The number of nitrogens with one attached hydrogen (secondary N) is 1. The number of ether oxygens (including phenoxy) is 1. The average Bonchev–Trinajstić information content (AvgIpc) is 3.08. The van der Waals surface area contributed by atoms with E-state index < -0.39 is 0 Å². The summed E-state index contributed by atoms with van der Waals surface area (Å²) in [5, 5.41) is 2.88. The van der Waals surface area contributed by atoms with Crippen LogP contribution in [0, 0.1) is 6.92 Å². The molecule has 2 aromatic rings. The van der Waals surface area contributed by atoms with E-state index in [0.29, 0.717) is 25.4 Å². The third kappa shape index (κ3) is 6.64. The number of urea groups is 1. The van der Waals surface area contributed by atoms with Crippen molar-refractivity contribution in [1.82, 2.24) is 14.4 Å². The first kappa shape index (κ1) is 22.5. The third-order valence-electron chi connectivity index (χ3n) is 4.81. The zero-order valence-electron chi connectivity index (χ0n) is 18.0. The SMILES string of the molecule is COCCN(Cc1cccn1C)C(=O)CN(C(=O)Nc1ccc(C)cc1)C(C)C. The molecule has 0 spiro atoms. The molecule has 1 heterocycles. The minimum atomic E-state index is -0.289. The number of hydrogen-bond donors (Lipinski definition) is 1. The normalized spacial score (nSPS) is 10.8. The van der Waals surface area contributed by atoms with Crippen LogP contribution in [0.5, 0.6) is 0 Å². The second-order valence-electron chi connectivity index (χ2n) is 7.44. The fourth-order valence-electron chi connectivity index (χ4n) is 2.92. The summed E-state index contributed by atoms with van der Waals surface area (Å²) in [6.45, 7) is 7.17. The van der Waals surface area contributed by atoms with E-state index in [4.69, 9.17) is 4.74 Å². The molecule has 0 bridgehead atoms. The van der Waals surface area contributed by atoms with E-state index in [1.807, 2.05) is 75.0 Å². The lowest BCUT2D eigenvalue weighted by Gasteiger charge is -2.30. The first-order valence-electron chi connectivity index (χ1n) is 9.83. The van der Waals surface area contributed by atoms with Gasteiger partial charge in [-0.2, -0.15) is 0 Å². The third-order valence-corrected chi connectivity index (χ3v) is 4.81. The van der Waals surface area contributed by atoms with Crippen molar-refractivity contribution in [2.75, 3.05) is 32.1 Å². The molecule has 0 aliphatic rings. The molecule has 0 aliphatic heterocycles. The summed E-state index contributed by atoms with van der Waals surface area (Å²) >= 11 is 0. The number of anilines is 1. The molecule has 7 nitrogen and oxygen atoms in total. The van der Waals surface area contributed by atoms with Crippen LogP contribution in [0.1, 0.15) is 25.1 Å². The topological polar surface area (TPSA) is 66.8 Å². The molecular weight excluding hydrogens is 368 g/mol. The molecule has 0 saturated carbocycles. The van der Waals surface area contributed by atoms with E-state index in [1.54, 1.807) is 16.9 Å². The smallest absolute Gasteiger partial charge is 0.322 e. The van der Waals surface area contributed by atoms with Crippen LogP contribution in [0.15, 0.2) is 42.6 Å². The van der Waals surface area contributed by atoms with Crippen LogP contribution in [-0.2, 0) is 23.1 Å². The fourth-order valence-corrected chi connectivity index (χ4v) is 2.92. The Hall–Kier alpha value is -2.80. The summed E-state index contributed by atoms with van der Waals surface area (Å²) in [4.78, 5) is 29.1. The number of benzene rings is 1. The van der Waals surface area contributed by atoms with E-state index >= 15 is 0 Å². The van der Waals surface area contributed by atoms with Gasteiger partial charge in [0, 0.05) is 44.3 Å². The second kappa shape index (κ2) is 10.7. The van der Waals surface area contributed by atoms with Gasteiger partial charge in [0.2, 0.25) is 5.91 Å². The van der Waals surface area contributed by atoms with Crippen molar-refractivity contribution < 1.29 is 14.3 Å². The molecule has 0 fully saturated rings. The Morgan fingerprint density at radius 2 is 1.86 bits per heavy atom. The van der Waals surface area contributed by atoms with E-state index in [0.717, 1.165) is 11.3 Å². The van der Waals surface area contributed by atoms with Gasteiger partial charge in [-0.3, -0.25) is 4.79 Å². The summed E-state index contributed by atoms with van der Waals surface area (Å²) in [6, 6.07) is 11.1. The van der Waals surface area contributed by atoms with Crippen LogP contribution in [0.3, 0.4) is 0 Å². The molecule has 158 valence electrons. The summed E-state index contributed by atoms with van der Waals surface area (Å²) in [5.41, 5.74) is 2.85. The molecule has 0 radical (unpaired) electrons. The lowest BCUT2D eigenvalue weighted by Crippen LogP contribution is -2.48. The van der Waals surface area contributed by atoms with Crippen LogP contribution < -0.4 is 5.32 Å². The average molecular weight is 401 g/mol. The van der Waals surface area contributed by atoms with Crippen molar-refractivity contribution in [2.24, 2.45) is 7.05 Å². The monoisotopic (exact) mass is 400 g/mol. The van der Waals surface area contributed by atoms with Gasteiger partial charge in [0.15, 0.2) is 0 Å². The maximum absolute atomic E-state index is 13.0. The number of carbonyl (C=O) groups excluding carboxylic acids is 2. The Balaban J connectivity index is 2.08. The molecule has 0 saturated heterocycles. The van der Waals surface area contributed by atoms with E-state index in [1.165, 1.54) is 0 Å². The van der Waals surface area contributed by atoms with Crippen LogP contribution in [0.2, 0.25) is 0 Å². The van der Waals surface area contributed by atoms with E-state index in [2.05, 4.69) is 5.32 Å². The molecule has 0 unspecified atom stereocenters. The molecule has 29 heavy (non-hydrogen) atoms. The van der Waals surface area contributed by atoms with Gasteiger partial charge in [0.05, 0.1) is 13.2 Å². The van der Waals surface area contributed by atoms with E-state index in [-0.39, 0.29) is 24.5 Å². The number of aryl methyl sites for hydroxylation is 2. The van der Waals surface area contributed by atoms with Crippen molar-refractivity contribution >= 4 is 17.6 Å². The van der Waals surface area contributed by atoms with Gasteiger partial charge < -0.3 is 24.4 Å².